The van der Waals surface area contributed by atoms with Crippen LogP contribution in [0, 0.1) is 0 Å². The molecule has 1 saturated heterocycles. The average molecular weight is 238 g/mol. The molecule has 1 aromatic carbocycles. The van der Waals surface area contributed by atoms with Crippen LogP contribution in [0.1, 0.15) is 10.4 Å². The molecule has 1 aliphatic heterocycles. The van der Waals surface area contributed by atoms with Crippen molar-refractivity contribution in [2.75, 3.05) is 26.9 Å². The smallest absolute Gasteiger partial charge is 0.191 e. The Morgan fingerprint density at radius 2 is 2.12 bits per heavy atom. The Morgan fingerprint density at radius 1 is 1.35 bits per heavy atom. The number of carbonyl (C=O) groups excluding carboxylic acids is 1. The van der Waals surface area contributed by atoms with Crippen LogP contribution in [-0.2, 0) is 9.47 Å². The van der Waals surface area contributed by atoms with E-state index in [9.17, 15) is 4.79 Å². The Labute approximate surface area is 99.2 Å². The van der Waals surface area contributed by atoms with Crippen molar-refractivity contribution < 1.29 is 23.7 Å². The highest BCUT2D eigenvalue weighted by Crippen LogP contribution is 2.28. The first-order chi connectivity index (χ1) is 8.33. The Hall–Kier alpha value is -1.59. The minimum absolute atomic E-state index is 0.276. The third-order valence-electron chi connectivity index (χ3n) is 2.39. The highest BCUT2D eigenvalue weighted by atomic mass is 16.7. The van der Waals surface area contributed by atoms with Gasteiger partial charge in [-0.25, -0.2) is 0 Å². The summed E-state index contributed by atoms with van der Waals surface area (Å²) in [5.41, 5.74) is 0.536. The number of hydrogen-bond donors (Lipinski definition) is 0. The van der Waals surface area contributed by atoms with Crippen molar-refractivity contribution in [1.82, 2.24) is 0 Å². The van der Waals surface area contributed by atoms with Gasteiger partial charge in [-0.1, -0.05) is 0 Å². The molecule has 0 radical (unpaired) electrons. The summed E-state index contributed by atoms with van der Waals surface area (Å²) >= 11 is 0. The van der Waals surface area contributed by atoms with E-state index in [4.69, 9.17) is 18.9 Å². The van der Waals surface area contributed by atoms with Crippen molar-refractivity contribution in [3.8, 4) is 11.5 Å². The lowest BCUT2D eigenvalue weighted by Gasteiger charge is -2.13. The maximum Gasteiger partial charge on any atom is 0.191 e. The van der Waals surface area contributed by atoms with Crippen LogP contribution < -0.4 is 9.47 Å². The van der Waals surface area contributed by atoms with E-state index in [-0.39, 0.29) is 12.9 Å². The van der Waals surface area contributed by atoms with Gasteiger partial charge in [-0.3, -0.25) is 4.79 Å². The molecule has 0 saturated carbocycles. The number of aldehydes is 1. The minimum atomic E-state index is -0.348. The monoisotopic (exact) mass is 238 g/mol. The van der Waals surface area contributed by atoms with Crippen LogP contribution in [0.4, 0.5) is 0 Å². The lowest BCUT2D eigenvalue weighted by Crippen LogP contribution is -2.18. The zero-order valence-electron chi connectivity index (χ0n) is 9.55. The van der Waals surface area contributed by atoms with Gasteiger partial charge in [0.15, 0.2) is 17.8 Å². The van der Waals surface area contributed by atoms with E-state index in [1.165, 1.54) is 0 Å². The second-order valence-electron chi connectivity index (χ2n) is 3.51. The quantitative estimate of drug-likeness (QED) is 0.723. The first kappa shape index (κ1) is 11.9. The van der Waals surface area contributed by atoms with Crippen molar-refractivity contribution in [3.63, 3.8) is 0 Å². The van der Waals surface area contributed by atoms with Crippen LogP contribution in [0.5, 0.6) is 11.5 Å². The SMILES string of the molecule is COc1ccc(C=O)cc1OCC1OCCO1. The van der Waals surface area contributed by atoms with Crippen molar-refractivity contribution in [2.45, 2.75) is 6.29 Å². The molecule has 1 fully saturated rings. The Bertz CT molecular complexity index is 384. The van der Waals surface area contributed by atoms with Crippen LogP contribution >= 0.6 is 0 Å². The summed E-state index contributed by atoms with van der Waals surface area (Å²) < 4.78 is 21.2. The number of carbonyl (C=O) groups is 1. The third kappa shape index (κ3) is 2.95. The van der Waals surface area contributed by atoms with Gasteiger partial charge in [-0.05, 0) is 18.2 Å². The van der Waals surface area contributed by atoms with Crippen LogP contribution in [-0.4, -0.2) is 39.5 Å². The molecular formula is C12H14O5. The fourth-order valence-corrected chi connectivity index (χ4v) is 1.54. The topological polar surface area (TPSA) is 54.0 Å². The molecule has 5 heteroatoms. The molecule has 0 amide bonds. The van der Waals surface area contributed by atoms with Gasteiger partial charge in [0, 0.05) is 5.56 Å². The van der Waals surface area contributed by atoms with Gasteiger partial charge < -0.3 is 18.9 Å². The van der Waals surface area contributed by atoms with E-state index in [0.717, 1.165) is 6.29 Å². The molecular weight excluding hydrogens is 224 g/mol. The number of ether oxygens (including phenoxy) is 4. The molecule has 2 rings (SSSR count). The second kappa shape index (κ2) is 5.65. The fraction of sp³-hybridized carbons (Fsp3) is 0.417. The van der Waals surface area contributed by atoms with Crippen molar-refractivity contribution in [3.05, 3.63) is 23.8 Å². The molecule has 17 heavy (non-hydrogen) atoms. The normalized spacial score (nSPS) is 15.8. The lowest BCUT2D eigenvalue weighted by molar-refractivity contribution is -0.0687. The van der Waals surface area contributed by atoms with E-state index >= 15 is 0 Å². The Balaban J connectivity index is 2.03. The largest absolute Gasteiger partial charge is 0.493 e. The van der Waals surface area contributed by atoms with E-state index in [2.05, 4.69) is 0 Å². The van der Waals surface area contributed by atoms with Crippen LogP contribution in [0.3, 0.4) is 0 Å². The Morgan fingerprint density at radius 3 is 2.76 bits per heavy atom. The molecule has 0 N–H and O–H groups in total. The van der Waals surface area contributed by atoms with Gasteiger partial charge in [0.25, 0.3) is 0 Å². The summed E-state index contributed by atoms with van der Waals surface area (Å²) in [6.07, 6.45) is 0.411. The molecule has 0 unspecified atom stereocenters. The van der Waals surface area contributed by atoms with Gasteiger partial charge >= 0.3 is 0 Å². The van der Waals surface area contributed by atoms with E-state index < -0.39 is 0 Å². The zero-order chi connectivity index (χ0) is 12.1. The first-order valence-corrected chi connectivity index (χ1v) is 5.32. The van der Waals surface area contributed by atoms with Crippen molar-refractivity contribution >= 4 is 6.29 Å². The molecule has 5 nitrogen and oxygen atoms in total. The maximum atomic E-state index is 10.7. The Kier molecular flexibility index (Phi) is 3.95. The fourth-order valence-electron chi connectivity index (χ4n) is 1.54. The molecule has 1 heterocycles. The first-order valence-electron chi connectivity index (χ1n) is 5.32. The second-order valence-corrected chi connectivity index (χ2v) is 3.51. The number of benzene rings is 1. The molecule has 0 spiro atoms. The van der Waals surface area contributed by atoms with Crippen molar-refractivity contribution in [1.29, 1.82) is 0 Å². The van der Waals surface area contributed by atoms with Gasteiger partial charge in [-0.2, -0.15) is 0 Å². The summed E-state index contributed by atoms with van der Waals surface area (Å²) in [5.74, 6) is 1.09. The summed E-state index contributed by atoms with van der Waals surface area (Å²) in [5, 5.41) is 0. The summed E-state index contributed by atoms with van der Waals surface area (Å²) in [4.78, 5) is 10.7. The molecule has 1 aromatic rings. The summed E-state index contributed by atoms with van der Waals surface area (Å²) in [6, 6.07) is 4.98. The van der Waals surface area contributed by atoms with Crippen LogP contribution in [0.15, 0.2) is 18.2 Å². The molecule has 0 aromatic heterocycles. The maximum absolute atomic E-state index is 10.7. The zero-order valence-corrected chi connectivity index (χ0v) is 9.55. The van der Waals surface area contributed by atoms with Crippen LogP contribution in [0.2, 0.25) is 0 Å². The van der Waals surface area contributed by atoms with Gasteiger partial charge in [0.05, 0.1) is 20.3 Å². The highest BCUT2D eigenvalue weighted by molar-refractivity contribution is 5.76. The predicted molar refractivity (Wildman–Crippen MR) is 59.6 cm³/mol. The molecule has 0 atom stereocenters. The van der Waals surface area contributed by atoms with E-state index in [1.807, 2.05) is 0 Å². The molecule has 92 valence electrons. The van der Waals surface area contributed by atoms with Crippen molar-refractivity contribution in [2.24, 2.45) is 0 Å². The number of methoxy groups -OCH3 is 1. The number of rotatable bonds is 5. The highest BCUT2D eigenvalue weighted by Gasteiger charge is 2.17. The van der Waals surface area contributed by atoms with Gasteiger partial charge in [-0.15, -0.1) is 0 Å². The van der Waals surface area contributed by atoms with Gasteiger partial charge in [0.2, 0.25) is 0 Å². The summed E-state index contributed by atoms with van der Waals surface area (Å²) in [6.45, 7) is 1.44. The predicted octanol–water partition coefficient (Wildman–Crippen LogP) is 1.26. The molecule has 0 aliphatic carbocycles. The lowest BCUT2D eigenvalue weighted by atomic mass is 10.2. The summed E-state index contributed by atoms with van der Waals surface area (Å²) in [7, 11) is 1.55. The minimum Gasteiger partial charge on any atom is -0.493 e. The molecule has 0 bridgehead atoms. The van der Waals surface area contributed by atoms with Gasteiger partial charge in [0.1, 0.15) is 12.9 Å². The van der Waals surface area contributed by atoms with E-state index in [0.29, 0.717) is 30.3 Å². The average Bonchev–Trinajstić information content (AvgIpc) is 2.89. The molecule has 1 aliphatic rings. The third-order valence-corrected chi connectivity index (χ3v) is 2.39. The standard InChI is InChI=1S/C12H14O5/c1-14-10-3-2-9(7-13)6-11(10)17-8-12-15-4-5-16-12/h2-3,6-7,12H,4-5,8H2,1H3. The van der Waals surface area contributed by atoms with E-state index in [1.54, 1.807) is 25.3 Å². The van der Waals surface area contributed by atoms with Crippen LogP contribution in [0.25, 0.3) is 0 Å². The number of hydrogen-bond acceptors (Lipinski definition) is 5.